The van der Waals surface area contributed by atoms with E-state index in [4.69, 9.17) is 11.6 Å². The van der Waals surface area contributed by atoms with Crippen molar-refractivity contribution in [2.24, 2.45) is 0 Å². The lowest BCUT2D eigenvalue weighted by Crippen LogP contribution is -3.15. The van der Waals surface area contributed by atoms with E-state index in [1.165, 1.54) is 16.4 Å². The third kappa shape index (κ3) is 4.87. The van der Waals surface area contributed by atoms with Crippen molar-refractivity contribution in [3.05, 3.63) is 59.1 Å². The van der Waals surface area contributed by atoms with Gasteiger partial charge in [-0.15, -0.1) is 0 Å². The standard InChI is InChI=1S/C19H22ClN3O3S/c1-15-4-2-3-5-18(15)21-19(24)14-22-10-12-23(13-11-22)27(25,26)17-8-6-16(20)7-9-17/h2-9H,10-14H2,1H3,(H,21,24)/p+1. The highest BCUT2D eigenvalue weighted by Crippen LogP contribution is 2.18. The molecule has 0 atom stereocenters. The van der Waals surface area contributed by atoms with Crippen molar-refractivity contribution in [3.8, 4) is 0 Å². The van der Waals surface area contributed by atoms with Gasteiger partial charge in [0, 0.05) is 10.7 Å². The molecule has 0 aromatic heterocycles. The molecule has 2 aromatic rings. The molecule has 1 heterocycles. The number of anilines is 1. The number of aryl methyl sites for hydroxylation is 1. The van der Waals surface area contributed by atoms with Crippen LogP contribution in [0.5, 0.6) is 0 Å². The first-order chi connectivity index (χ1) is 12.9. The number of sulfonamides is 1. The van der Waals surface area contributed by atoms with Crippen LogP contribution in [0.4, 0.5) is 5.69 Å². The van der Waals surface area contributed by atoms with Gasteiger partial charge in [-0.05, 0) is 42.8 Å². The van der Waals surface area contributed by atoms with Gasteiger partial charge in [0.2, 0.25) is 10.0 Å². The van der Waals surface area contributed by atoms with Crippen LogP contribution in [0.2, 0.25) is 5.02 Å². The fourth-order valence-electron chi connectivity index (χ4n) is 3.11. The van der Waals surface area contributed by atoms with E-state index in [9.17, 15) is 13.2 Å². The summed E-state index contributed by atoms with van der Waals surface area (Å²) in [4.78, 5) is 13.6. The molecule has 0 saturated carbocycles. The number of nitrogens with one attached hydrogen (secondary N) is 2. The average Bonchev–Trinajstić information content (AvgIpc) is 2.64. The zero-order chi connectivity index (χ0) is 19.4. The lowest BCUT2D eigenvalue weighted by molar-refractivity contribution is -0.895. The molecule has 2 aromatic carbocycles. The molecule has 144 valence electrons. The van der Waals surface area contributed by atoms with Crippen LogP contribution in [0.3, 0.4) is 0 Å². The molecular weight excluding hydrogens is 386 g/mol. The topological polar surface area (TPSA) is 70.9 Å². The summed E-state index contributed by atoms with van der Waals surface area (Å²) in [5.41, 5.74) is 1.82. The van der Waals surface area contributed by atoms with Crippen molar-refractivity contribution in [1.29, 1.82) is 0 Å². The fourth-order valence-corrected chi connectivity index (χ4v) is 4.68. The molecule has 0 unspecified atom stereocenters. The first-order valence-electron chi connectivity index (χ1n) is 8.81. The van der Waals surface area contributed by atoms with Crippen LogP contribution in [0, 0.1) is 6.92 Å². The predicted octanol–water partition coefficient (Wildman–Crippen LogP) is 1.18. The Morgan fingerprint density at radius 2 is 1.74 bits per heavy atom. The maximum Gasteiger partial charge on any atom is 0.279 e. The van der Waals surface area contributed by atoms with E-state index in [-0.39, 0.29) is 10.8 Å². The van der Waals surface area contributed by atoms with E-state index in [0.29, 0.717) is 37.7 Å². The van der Waals surface area contributed by atoms with Gasteiger partial charge < -0.3 is 10.2 Å². The van der Waals surface area contributed by atoms with Gasteiger partial charge >= 0.3 is 0 Å². The molecule has 6 nitrogen and oxygen atoms in total. The highest BCUT2D eigenvalue weighted by atomic mass is 35.5. The van der Waals surface area contributed by atoms with Crippen molar-refractivity contribution < 1.29 is 18.1 Å². The number of amides is 1. The largest absolute Gasteiger partial charge is 0.325 e. The van der Waals surface area contributed by atoms with Crippen LogP contribution in [-0.4, -0.2) is 51.4 Å². The molecular formula is C19H23ClN3O3S+. The Labute approximate surface area is 164 Å². The molecule has 0 bridgehead atoms. The number of carbonyl (C=O) groups excluding carboxylic acids is 1. The molecule has 1 aliphatic rings. The van der Waals surface area contributed by atoms with E-state index in [1.807, 2.05) is 31.2 Å². The van der Waals surface area contributed by atoms with Crippen molar-refractivity contribution in [2.75, 3.05) is 38.0 Å². The number of benzene rings is 2. The molecule has 27 heavy (non-hydrogen) atoms. The summed E-state index contributed by atoms with van der Waals surface area (Å²) in [5, 5.41) is 3.43. The van der Waals surface area contributed by atoms with E-state index >= 15 is 0 Å². The molecule has 1 aliphatic heterocycles. The summed E-state index contributed by atoms with van der Waals surface area (Å²) in [7, 11) is -3.52. The Balaban J connectivity index is 1.55. The quantitative estimate of drug-likeness (QED) is 0.780. The van der Waals surface area contributed by atoms with Crippen LogP contribution in [0.15, 0.2) is 53.4 Å². The SMILES string of the molecule is Cc1ccccc1NC(=O)C[NH+]1CCN(S(=O)(=O)c2ccc(Cl)cc2)CC1. The Bertz CT molecular complexity index is 908. The van der Waals surface area contributed by atoms with Crippen molar-refractivity contribution in [1.82, 2.24) is 4.31 Å². The maximum atomic E-state index is 12.7. The second-order valence-corrected chi connectivity index (χ2v) is 9.02. The lowest BCUT2D eigenvalue weighted by atomic mass is 10.2. The molecule has 1 saturated heterocycles. The minimum atomic E-state index is -3.52. The van der Waals surface area contributed by atoms with E-state index in [0.717, 1.165) is 16.2 Å². The van der Waals surface area contributed by atoms with Crippen LogP contribution in [-0.2, 0) is 14.8 Å². The van der Waals surface area contributed by atoms with Crippen molar-refractivity contribution >= 4 is 33.2 Å². The Morgan fingerprint density at radius 1 is 1.11 bits per heavy atom. The number of nitrogens with zero attached hydrogens (tertiary/aromatic N) is 1. The lowest BCUT2D eigenvalue weighted by Gasteiger charge is -2.31. The third-order valence-corrected chi connectivity index (χ3v) is 6.88. The minimum Gasteiger partial charge on any atom is -0.325 e. The second-order valence-electron chi connectivity index (χ2n) is 6.65. The van der Waals surface area contributed by atoms with Gasteiger partial charge in [0.25, 0.3) is 5.91 Å². The van der Waals surface area contributed by atoms with Gasteiger partial charge in [0.15, 0.2) is 6.54 Å². The predicted molar refractivity (Wildman–Crippen MR) is 106 cm³/mol. The van der Waals surface area contributed by atoms with Gasteiger partial charge in [-0.2, -0.15) is 4.31 Å². The van der Waals surface area contributed by atoms with Crippen LogP contribution in [0.25, 0.3) is 0 Å². The van der Waals surface area contributed by atoms with Crippen LogP contribution < -0.4 is 10.2 Å². The first-order valence-corrected chi connectivity index (χ1v) is 10.6. The summed E-state index contributed by atoms with van der Waals surface area (Å²) in [6, 6.07) is 13.8. The molecule has 0 aliphatic carbocycles. The average molecular weight is 409 g/mol. The van der Waals surface area contributed by atoms with Crippen LogP contribution in [0.1, 0.15) is 5.56 Å². The molecule has 8 heteroatoms. The Morgan fingerprint density at radius 3 is 2.37 bits per heavy atom. The normalized spacial score (nSPS) is 16.2. The Hall–Kier alpha value is -1.93. The van der Waals surface area contributed by atoms with Gasteiger partial charge in [0.05, 0.1) is 31.1 Å². The summed E-state index contributed by atoms with van der Waals surface area (Å²) in [5.74, 6) is -0.0618. The summed E-state index contributed by atoms with van der Waals surface area (Å²) in [6.07, 6.45) is 0. The smallest absolute Gasteiger partial charge is 0.279 e. The molecule has 0 spiro atoms. The number of halogens is 1. The molecule has 2 N–H and O–H groups in total. The van der Waals surface area contributed by atoms with Gasteiger partial charge in [-0.1, -0.05) is 29.8 Å². The molecule has 1 amide bonds. The third-order valence-electron chi connectivity index (χ3n) is 4.71. The Kier molecular flexibility index (Phi) is 6.16. The zero-order valence-corrected chi connectivity index (χ0v) is 16.7. The molecule has 0 radical (unpaired) electrons. The monoisotopic (exact) mass is 408 g/mol. The number of para-hydroxylation sites is 1. The van der Waals surface area contributed by atoms with Gasteiger partial charge in [-0.25, -0.2) is 8.42 Å². The first kappa shape index (κ1) is 19.8. The summed E-state index contributed by atoms with van der Waals surface area (Å²) in [6.45, 7) is 4.23. The maximum absolute atomic E-state index is 12.7. The van der Waals surface area contributed by atoms with E-state index in [2.05, 4.69) is 5.32 Å². The molecule has 1 fully saturated rings. The number of hydrogen-bond donors (Lipinski definition) is 2. The highest BCUT2D eigenvalue weighted by molar-refractivity contribution is 7.89. The van der Waals surface area contributed by atoms with E-state index < -0.39 is 10.0 Å². The fraction of sp³-hybridized carbons (Fsp3) is 0.316. The summed E-state index contributed by atoms with van der Waals surface area (Å²) < 4.78 is 26.9. The van der Waals surface area contributed by atoms with Crippen molar-refractivity contribution in [3.63, 3.8) is 0 Å². The number of quaternary nitrogens is 1. The summed E-state index contributed by atoms with van der Waals surface area (Å²) >= 11 is 5.83. The van der Waals surface area contributed by atoms with E-state index in [1.54, 1.807) is 12.1 Å². The number of piperazine rings is 1. The number of hydrogen-bond acceptors (Lipinski definition) is 3. The number of carbonyl (C=O) groups is 1. The van der Waals surface area contributed by atoms with Crippen LogP contribution >= 0.6 is 11.6 Å². The van der Waals surface area contributed by atoms with Gasteiger partial charge in [-0.3, -0.25) is 4.79 Å². The zero-order valence-electron chi connectivity index (χ0n) is 15.1. The van der Waals surface area contributed by atoms with Gasteiger partial charge in [0.1, 0.15) is 0 Å². The van der Waals surface area contributed by atoms with Crippen molar-refractivity contribution in [2.45, 2.75) is 11.8 Å². The minimum absolute atomic E-state index is 0.0618. The molecule has 3 rings (SSSR count). The highest BCUT2D eigenvalue weighted by Gasteiger charge is 2.31. The number of rotatable bonds is 5. The second kappa shape index (κ2) is 8.39.